The van der Waals surface area contributed by atoms with Crippen LogP contribution in [-0.2, 0) is 0 Å². The molecule has 0 spiro atoms. The van der Waals surface area contributed by atoms with Gasteiger partial charge in [-0.3, -0.25) is 0 Å². The monoisotopic (exact) mass is 188 g/mol. The standard InChI is InChI=1S/C12H16N2/c1-4-9(2)12-11-7-5-6-8-14(11)10(3)13-12/h5-9H,4H2,1-3H3. The fourth-order valence-corrected chi connectivity index (χ4v) is 1.78. The van der Waals surface area contributed by atoms with Gasteiger partial charge in [0.1, 0.15) is 5.82 Å². The number of aryl methyl sites for hydroxylation is 1. The van der Waals surface area contributed by atoms with Crippen molar-refractivity contribution >= 4 is 5.52 Å². The SMILES string of the molecule is CCC(C)c1nc(C)n2ccccc12. The minimum atomic E-state index is 0.543. The van der Waals surface area contributed by atoms with Crippen molar-refractivity contribution < 1.29 is 0 Å². The Hall–Kier alpha value is -1.31. The first-order chi connectivity index (χ1) is 6.74. The quantitative estimate of drug-likeness (QED) is 0.707. The van der Waals surface area contributed by atoms with Crippen LogP contribution in [0.4, 0.5) is 0 Å². The van der Waals surface area contributed by atoms with E-state index in [0.29, 0.717) is 5.92 Å². The Balaban J connectivity index is 2.66. The van der Waals surface area contributed by atoms with E-state index >= 15 is 0 Å². The molecular weight excluding hydrogens is 172 g/mol. The lowest BCUT2D eigenvalue weighted by atomic mass is 10.0. The average molecular weight is 188 g/mol. The molecule has 1 unspecified atom stereocenters. The predicted molar refractivity (Wildman–Crippen MR) is 58.6 cm³/mol. The molecule has 0 saturated carbocycles. The minimum absolute atomic E-state index is 0.543. The maximum atomic E-state index is 4.62. The van der Waals surface area contributed by atoms with E-state index in [-0.39, 0.29) is 0 Å². The van der Waals surface area contributed by atoms with E-state index in [4.69, 9.17) is 0 Å². The molecule has 0 aliphatic rings. The van der Waals surface area contributed by atoms with Gasteiger partial charge in [-0.15, -0.1) is 0 Å². The summed E-state index contributed by atoms with van der Waals surface area (Å²) in [5.74, 6) is 1.62. The molecule has 2 aromatic heterocycles. The molecule has 2 rings (SSSR count). The van der Waals surface area contributed by atoms with Gasteiger partial charge in [0.15, 0.2) is 0 Å². The van der Waals surface area contributed by atoms with Crippen LogP contribution in [0.25, 0.3) is 5.52 Å². The lowest BCUT2D eigenvalue weighted by Crippen LogP contribution is -1.92. The van der Waals surface area contributed by atoms with Crippen LogP contribution in [0.2, 0.25) is 0 Å². The van der Waals surface area contributed by atoms with Crippen molar-refractivity contribution in [3.8, 4) is 0 Å². The molecule has 2 aromatic rings. The molecule has 2 nitrogen and oxygen atoms in total. The second-order valence-corrected chi connectivity index (χ2v) is 3.81. The summed E-state index contributed by atoms with van der Waals surface area (Å²) in [6, 6.07) is 6.26. The van der Waals surface area contributed by atoms with Crippen molar-refractivity contribution in [1.82, 2.24) is 9.38 Å². The van der Waals surface area contributed by atoms with Crippen molar-refractivity contribution in [1.29, 1.82) is 0 Å². The first-order valence-corrected chi connectivity index (χ1v) is 5.17. The average Bonchev–Trinajstić information content (AvgIpc) is 2.56. The maximum Gasteiger partial charge on any atom is 0.110 e. The van der Waals surface area contributed by atoms with E-state index in [1.807, 2.05) is 6.07 Å². The number of hydrogen-bond donors (Lipinski definition) is 0. The molecule has 0 radical (unpaired) electrons. The molecule has 0 bridgehead atoms. The van der Waals surface area contributed by atoms with Crippen molar-refractivity contribution in [2.45, 2.75) is 33.1 Å². The fraction of sp³-hybridized carbons (Fsp3) is 0.417. The Bertz CT molecular complexity index is 443. The van der Waals surface area contributed by atoms with Gasteiger partial charge >= 0.3 is 0 Å². The summed E-state index contributed by atoms with van der Waals surface area (Å²) in [7, 11) is 0. The third-order valence-corrected chi connectivity index (χ3v) is 2.83. The van der Waals surface area contributed by atoms with Crippen LogP contribution in [0, 0.1) is 6.92 Å². The molecule has 0 saturated heterocycles. The number of fused-ring (bicyclic) bond motifs is 1. The smallest absolute Gasteiger partial charge is 0.110 e. The Labute approximate surface area is 84.6 Å². The van der Waals surface area contributed by atoms with Gasteiger partial charge in [-0.05, 0) is 25.5 Å². The molecular formula is C12H16N2. The summed E-state index contributed by atoms with van der Waals surface area (Å²) in [5, 5.41) is 0. The van der Waals surface area contributed by atoms with Crippen LogP contribution in [0.15, 0.2) is 24.4 Å². The molecule has 2 heterocycles. The molecule has 0 aliphatic carbocycles. The molecule has 0 amide bonds. The van der Waals surface area contributed by atoms with Gasteiger partial charge in [-0.25, -0.2) is 4.98 Å². The van der Waals surface area contributed by atoms with E-state index in [1.165, 1.54) is 11.2 Å². The molecule has 1 atom stereocenters. The second kappa shape index (κ2) is 3.45. The van der Waals surface area contributed by atoms with E-state index in [9.17, 15) is 0 Å². The van der Waals surface area contributed by atoms with E-state index in [1.54, 1.807) is 0 Å². The molecule has 74 valence electrons. The molecule has 14 heavy (non-hydrogen) atoms. The largest absolute Gasteiger partial charge is 0.304 e. The normalized spacial score (nSPS) is 13.4. The summed E-state index contributed by atoms with van der Waals surface area (Å²) in [4.78, 5) is 4.62. The summed E-state index contributed by atoms with van der Waals surface area (Å²) >= 11 is 0. The third kappa shape index (κ3) is 1.31. The molecule has 0 N–H and O–H groups in total. The maximum absolute atomic E-state index is 4.62. The van der Waals surface area contributed by atoms with Crippen LogP contribution < -0.4 is 0 Å². The minimum Gasteiger partial charge on any atom is -0.304 e. The zero-order chi connectivity index (χ0) is 10.1. The van der Waals surface area contributed by atoms with Crippen molar-refractivity contribution in [2.24, 2.45) is 0 Å². The Morgan fingerprint density at radius 1 is 1.43 bits per heavy atom. The lowest BCUT2D eigenvalue weighted by Gasteiger charge is -2.04. The van der Waals surface area contributed by atoms with Gasteiger partial charge in [0.2, 0.25) is 0 Å². The first kappa shape index (κ1) is 9.25. The molecule has 0 aromatic carbocycles. The highest BCUT2D eigenvalue weighted by molar-refractivity contribution is 5.54. The van der Waals surface area contributed by atoms with Crippen LogP contribution in [0.3, 0.4) is 0 Å². The second-order valence-electron chi connectivity index (χ2n) is 3.81. The van der Waals surface area contributed by atoms with Crippen LogP contribution in [0.5, 0.6) is 0 Å². The highest BCUT2D eigenvalue weighted by Gasteiger charge is 2.12. The van der Waals surface area contributed by atoms with Crippen molar-refractivity contribution in [2.75, 3.05) is 0 Å². The zero-order valence-electron chi connectivity index (χ0n) is 8.99. The van der Waals surface area contributed by atoms with Gasteiger partial charge in [0.25, 0.3) is 0 Å². The Morgan fingerprint density at radius 3 is 2.93 bits per heavy atom. The Kier molecular flexibility index (Phi) is 2.28. The van der Waals surface area contributed by atoms with Gasteiger partial charge in [-0.2, -0.15) is 0 Å². The van der Waals surface area contributed by atoms with E-state index in [2.05, 4.69) is 48.5 Å². The highest BCUT2D eigenvalue weighted by atomic mass is 15.0. The topological polar surface area (TPSA) is 17.3 Å². The lowest BCUT2D eigenvalue weighted by molar-refractivity contribution is 0.717. The number of pyridine rings is 1. The van der Waals surface area contributed by atoms with Gasteiger partial charge in [0.05, 0.1) is 11.2 Å². The van der Waals surface area contributed by atoms with Gasteiger partial charge in [0, 0.05) is 12.1 Å². The summed E-state index contributed by atoms with van der Waals surface area (Å²) in [5.41, 5.74) is 2.48. The summed E-state index contributed by atoms with van der Waals surface area (Å²) in [6.07, 6.45) is 3.21. The van der Waals surface area contributed by atoms with Crippen LogP contribution in [-0.4, -0.2) is 9.38 Å². The summed E-state index contributed by atoms with van der Waals surface area (Å²) < 4.78 is 2.15. The van der Waals surface area contributed by atoms with E-state index in [0.717, 1.165) is 12.2 Å². The van der Waals surface area contributed by atoms with Crippen LogP contribution >= 0.6 is 0 Å². The van der Waals surface area contributed by atoms with Gasteiger partial charge in [-0.1, -0.05) is 19.9 Å². The van der Waals surface area contributed by atoms with Crippen LogP contribution in [0.1, 0.15) is 37.7 Å². The van der Waals surface area contributed by atoms with Crippen molar-refractivity contribution in [3.05, 3.63) is 35.9 Å². The third-order valence-electron chi connectivity index (χ3n) is 2.83. The predicted octanol–water partition coefficient (Wildman–Crippen LogP) is 3.16. The fourth-order valence-electron chi connectivity index (χ4n) is 1.78. The highest BCUT2D eigenvalue weighted by Crippen LogP contribution is 2.23. The number of nitrogens with zero attached hydrogens (tertiary/aromatic N) is 2. The first-order valence-electron chi connectivity index (χ1n) is 5.17. The summed E-state index contributed by atoms with van der Waals surface area (Å²) in [6.45, 7) is 6.49. The zero-order valence-corrected chi connectivity index (χ0v) is 8.99. The van der Waals surface area contributed by atoms with Gasteiger partial charge < -0.3 is 4.40 Å². The van der Waals surface area contributed by atoms with Crippen molar-refractivity contribution in [3.63, 3.8) is 0 Å². The Morgan fingerprint density at radius 2 is 2.21 bits per heavy atom. The number of rotatable bonds is 2. The molecule has 2 heteroatoms. The molecule has 0 aliphatic heterocycles. The number of aromatic nitrogens is 2. The van der Waals surface area contributed by atoms with E-state index < -0.39 is 0 Å². The number of imidazole rings is 1. The molecule has 0 fully saturated rings. The number of hydrogen-bond acceptors (Lipinski definition) is 1.